The fourth-order valence-corrected chi connectivity index (χ4v) is 2.18. The van der Waals surface area contributed by atoms with Crippen molar-refractivity contribution in [3.63, 3.8) is 0 Å². The van der Waals surface area contributed by atoms with Gasteiger partial charge < -0.3 is 9.47 Å². The fraction of sp³-hybridized carbons (Fsp3) is 0.583. The van der Waals surface area contributed by atoms with E-state index in [1.54, 1.807) is 6.92 Å². The summed E-state index contributed by atoms with van der Waals surface area (Å²) in [5, 5.41) is 0. The van der Waals surface area contributed by atoms with E-state index in [4.69, 9.17) is 0 Å². The number of Topliss-reactive ketones (excluding diaryl/α,β-unsaturated/α-hetero) is 1. The van der Waals surface area contributed by atoms with Crippen LogP contribution in [0.5, 0.6) is 0 Å². The molecule has 0 atom stereocenters. The monoisotopic (exact) mass is 206 g/mol. The quantitative estimate of drug-likeness (QED) is 0.702. The van der Waals surface area contributed by atoms with Gasteiger partial charge in [-0.25, -0.2) is 0 Å². The predicted octanol–water partition coefficient (Wildman–Crippen LogP) is 1.79. The van der Waals surface area contributed by atoms with Crippen molar-refractivity contribution in [2.24, 2.45) is 0 Å². The minimum Gasteiger partial charge on any atom is -0.344 e. The lowest BCUT2D eigenvalue weighted by Gasteiger charge is -2.15. The number of carbonyl (C=O) groups excluding carboxylic acids is 1. The summed E-state index contributed by atoms with van der Waals surface area (Å²) in [6.07, 6.45) is 4.64. The van der Waals surface area contributed by atoms with E-state index >= 15 is 0 Å². The Labute approximate surface area is 90.7 Å². The highest BCUT2D eigenvalue weighted by atomic mass is 16.1. The van der Waals surface area contributed by atoms with Gasteiger partial charge in [-0.05, 0) is 38.1 Å². The lowest BCUT2D eigenvalue weighted by atomic mass is 10.3. The lowest BCUT2D eigenvalue weighted by Crippen LogP contribution is -2.24. The first-order valence-corrected chi connectivity index (χ1v) is 5.66. The minimum absolute atomic E-state index is 0.154. The van der Waals surface area contributed by atoms with Crippen LogP contribution in [0, 0.1) is 0 Å². The summed E-state index contributed by atoms with van der Waals surface area (Å²) < 4.78 is 2.06. The van der Waals surface area contributed by atoms with Crippen molar-refractivity contribution >= 4 is 5.78 Å². The molecule has 1 aromatic rings. The summed E-state index contributed by atoms with van der Waals surface area (Å²) >= 11 is 0. The second-order valence-corrected chi connectivity index (χ2v) is 4.19. The van der Waals surface area contributed by atoms with Gasteiger partial charge in [-0.3, -0.25) is 4.79 Å². The van der Waals surface area contributed by atoms with Crippen molar-refractivity contribution < 1.29 is 4.79 Å². The number of likely N-dealkylation sites (tertiary alicyclic amines) is 1. The Morgan fingerprint density at radius 3 is 2.73 bits per heavy atom. The first-order valence-electron chi connectivity index (χ1n) is 5.66. The summed E-state index contributed by atoms with van der Waals surface area (Å²) in [4.78, 5) is 13.8. The first-order chi connectivity index (χ1) is 7.27. The molecule has 82 valence electrons. The van der Waals surface area contributed by atoms with Crippen LogP contribution in [-0.4, -0.2) is 34.9 Å². The molecule has 0 saturated carbocycles. The Bertz CT molecular complexity index is 337. The molecule has 1 aromatic heterocycles. The zero-order valence-electron chi connectivity index (χ0n) is 9.28. The van der Waals surface area contributed by atoms with Crippen molar-refractivity contribution in [3.05, 3.63) is 24.0 Å². The molecule has 0 aliphatic carbocycles. The van der Waals surface area contributed by atoms with Gasteiger partial charge in [0.2, 0.25) is 0 Å². The Hall–Kier alpha value is -1.09. The molecule has 3 nitrogen and oxygen atoms in total. The lowest BCUT2D eigenvalue weighted by molar-refractivity contribution is 0.100. The highest BCUT2D eigenvalue weighted by Gasteiger charge is 2.12. The van der Waals surface area contributed by atoms with E-state index in [0.717, 1.165) is 18.8 Å². The number of nitrogens with zero attached hydrogens (tertiary/aromatic N) is 2. The summed E-state index contributed by atoms with van der Waals surface area (Å²) in [5.74, 6) is 0.154. The highest BCUT2D eigenvalue weighted by molar-refractivity contribution is 5.92. The van der Waals surface area contributed by atoms with Crippen LogP contribution in [0.2, 0.25) is 0 Å². The molecular weight excluding hydrogens is 188 g/mol. The van der Waals surface area contributed by atoms with E-state index in [9.17, 15) is 4.79 Å². The van der Waals surface area contributed by atoms with E-state index < -0.39 is 0 Å². The first kappa shape index (κ1) is 10.4. The number of ketones is 1. The van der Waals surface area contributed by atoms with Gasteiger partial charge in [-0.1, -0.05) is 0 Å². The molecule has 2 rings (SSSR count). The van der Waals surface area contributed by atoms with Crippen LogP contribution in [0.15, 0.2) is 18.3 Å². The number of carbonyl (C=O) groups is 1. The summed E-state index contributed by atoms with van der Waals surface area (Å²) in [6, 6.07) is 3.84. The van der Waals surface area contributed by atoms with Gasteiger partial charge in [0.15, 0.2) is 5.78 Å². The fourth-order valence-electron chi connectivity index (χ4n) is 2.18. The van der Waals surface area contributed by atoms with E-state index in [2.05, 4.69) is 9.47 Å². The molecule has 0 aromatic carbocycles. The van der Waals surface area contributed by atoms with Crippen molar-refractivity contribution in [1.29, 1.82) is 0 Å². The van der Waals surface area contributed by atoms with Crippen molar-refractivity contribution in [2.45, 2.75) is 26.3 Å². The van der Waals surface area contributed by atoms with Crippen molar-refractivity contribution in [2.75, 3.05) is 19.6 Å². The van der Waals surface area contributed by atoms with E-state index in [0.29, 0.717) is 0 Å². The predicted molar refractivity (Wildman–Crippen MR) is 60.1 cm³/mol. The summed E-state index contributed by atoms with van der Waals surface area (Å²) in [5.41, 5.74) is 0.828. The average Bonchev–Trinajstić information content (AvgIpc) is 2.86. The van der Waals surface area contributed by atoms with E-state index in [-0.39, 0.29) is 5.78 Å². The molecule has 15 heavy (non-hydrogen) atoms. The van der Waals surface area contributed by atoms with Gasteiger partial charge >= 0.3 is 0 Å². The molecule has 1 fully saturated rings. The van der Waals surface area contributed by atoms with Crippen molar-refractivity contribution in [1.82, 2.24) is 9.47 Å². The third-order valence-electron chi connectivity index (χ3n) is 3.05. The SMILES string of the molecule is CC(=O)c1cccn1CCN1CCCC1. The third-order valence-corrected chi connectivity index (χ3v) is 3.05. The average molecular weight is 206 g/mol. The molecule has 1 saturated heterocycles. The molecule has 0 N–H and O–H groups in total. The van der Waals surface area contributed by atoms with Crippen LogP contribution in [0.3, 0.4) is 0 Å². The van der Waals surface area contributed by atoms with Crippen molar-refractivity contribution in [3.8, 4) is 0 Å². The molecule has 0 radical (unpaired) electrons. The molecule has 1 aliphatic rings. The van der Waals surface area contributed by atoms with Crippen LogP contribution in [0.1, 0.15) is 30.3 Å². The molecule has 0 amide bonds. The van der Waals surface area contributed by atoms with Crippen LogP contribution in [0.4, 0.5) is 0 Å². The van der Waals surface area contributed by atoms with Crippen LogP contribution >= 0.6 is 0 Å². The number of hydrogen-bond donors (Lipinski definition) is 0. The maximum atomic E-state index is 11.3. The second kappa shape index (κ2) is 4.62. The molecule has 0 spiro atoms. The zero-order chi connectivity index (χ0) is 10.7. The molecule has 1 aliphatic heterocycles. The Morgan fingerprint density at radius 1 is 1.33 bits per heavy atom. The summed E-state index contributed by atoms with van der Waals surface area (Å²) in [7, 11) is 0. The normalized spacial score (nSPS) is 17.1. The molecular formula is C12H18N2O. The van der Waals surface area contributed by atoms with Gasteiger partial charge in [0.05, 0.1) is 5.69 Å². The highest BCUT2D eigenvalue weighted by Crippen LogP contribution is 2.08. The number of hydrogen-bond acceptors (Lipinski definition) is 2. The number of aromatic nitrogens is 1. The summed E-state index contributed by atoms with van der Waals surface area (Å²) in [6.45, 7) is 6.06. The molecule has 0 bridgehead atoms. The van der Waals surface area contributed by atoms with Crippen LogP contribution in [0.25, 0.3) is 0 Å². The van der Waals surface area contributed by atoms with E-state index in [1.165, 1.54) is 25.9 Å². The molecule has 2 heterocycles. The standard InChI is InChI=1S/C12H18N2O/c1-11(15)12-5-4-8-14(12)10-9-13-6-2-3-7-13/h4-5,8H,2-3,6-7,9-10H2,1H3. The second-order valence-electron chi connectivity index (χ2n) is 4.19. The molecule has 0 unspecified atom stereocenters. The van der Waals surface area contributed by atoms with Gasteiger partial charge in [0.1, 0.15) is 0 Å². The Balaban J connectivity index is 1.92. The smallest absolute Gasteiger partial charge is 0.176 e. The van der Waals surface area contributed by atoms with Gasteiger partial charge in [0, 0.05) is 26.2 Å². The van der Waals surface area contributed by atoms with Gasteiger partial charge in [-0.2, -0.15) is 0 Å². The van der Waals surface area contributed by atoms with Gasteiger partial charge in [0.25, 0.3) is 0 Å². The van der Waals surface area contributed by atoms with E-state index in [1.807, 2.05) is 18.3 Å². The van der Waals surface area contributed by atoms with Gasteiger partial charge in [-0.15, -0.1) is 0 Å². The largest absolute Gasteiger partial charge is 0.344 e. The Kier molecular flexibility index (Phi) is 3.21. The maximum absolute atomic E-state index is 11.3. The topological polar surface area (TPSA) is 25.2 Å². The minimum atomic E-state index is 0.154. The molecule has 3 heteroatoms. The van der Waals surface area contributed by atoms with Crippen LogP contribution < -0.4 is 0 Å². The third kappa shape index (κ3) is 2.48. The van der Waals surface area contributed by atoms with Crippen LogP contribution in [-0.2, 0) is 6.54 Å². The zero-order valence-corrected chi connectivity index (χ0v) is 9.28. The maximum Gasteiger partial charge on any atom is 0.176 e. The number of rotatable bonds is 4. The Morgan fingerprint density at radius 2 is 2.07 bits per heavy atom.